The molecular weight excluding hydrogens is 210 g/mol. The zero-order chi connectivity index (χ0) is 11.5. The average molecular weight is 227 g/mol. The first-order valence-corrected chi connectivity index (χ1v) is 5.80. The van der Waals surface area contributed by atoms with Crippen LogP contribution in [0.3, 0.4) is 0 Å². The Bertz CT molecular complexity index is 288. The lowest BCUT2D eigenvalue weighted by molar-refractivity contribution is -0.148. The van der Waals surface area contributed by atoms with Crippen LogP contribution in [0.15, 0.2) is 0 Å². The highest BCUT2D eigenvalue weighted by atomic mass is 16.6. The van der Waals surface area contributed by atoms with Gasteiger partial charge in [0.15, 0.2) is 0 Å². The molecule has 1 aliphatic heterocycles. The summed E-state index contributed by atoms with van der Waals surface area (Å²) < 4.78 is 4.99. The van der Waals surface area contributed by atoms with Crippen molar-refractivity contribution in [3.63, 3.8) is 0 Å². The molecule has 2 fully saturated rings. The van der Waals surface area contributed by atoms with Crippen molar-refractivity contribution in [2.75, 3.05) is 13.2 Å². The van der Waals surface area contributed by atoms with Gasteiger partial charge in [0, 0.05) is 6.54 Å². The number of carboxylic acids is 1. The molecule has 90 valence electrons. The topological polar surface area (TPSA) is 78.9 Å². The number of epoxide rings is 1. The van der Waals surface area contributed by atoms with Crippen LogP contribution in [-0.2, 0) is 14.3 Å². The summed E-state index contributed by atoms with van der Waals surface area (Å²) >= 11 is 0. The largest absolute Gasteiger partial charge is 0.481 e. The summed E-state index contributed by atoms with van der Waals surface area (Å²) in [4.78, 5) is 22.8. The number of hydrogen-bond donors (Lipinski definition) is 2. The lowest BCUT2D eigenvalue weighted by Crippen LogP contribution is -2.40. The number of aliphatic carboxylic acids is 1. The molecule has 1 heterocycles. The van der Waals surface area contributed by atoms with E-state index in [2.05, 4.69) is 5.32 Å². The van der Waals surface area contributed by atoms with E-state index in [0.717, 1.165) is 12.8 Å². The van der Waals surface area contributed by atoms with Gasteiger partial charge in [0.25, 0.3) is 0 Å². The second-order valence-electron chi connectivity index (χ2n) is 4.54. The summed E-state index contributed by atoms with van der Waals surface area (Å²) in [6.45, 7) is 1.22. The number of hydrogen-bond acceptors (Lipinski definition) is 3. The average Bonchev–Trinajstić information content (AvgIpc) is 3.09. The molecule has 5 nitrogen and oxygen atoms in total. The summed E-state index contributed by atoms with van der Waals surface area (Å²) in [6.07, 6.45) is 3.31. The van der Waals surface area contributed by atoms with E-state index in [1.165, 1.54) is 0 Å². The molecule has 2 N–H and O–H groups in total. The van der Waals surface area contributed by atoms with Gasteiger partial charge in [0.2, 0.25) is 5.91 Å². The molecule has 0 aromatic rings. The van der Waals surface area contributed by atoms with E-state index in [1.807, 2.05) is 0 Å². The minimum absolute atomic E-state index is 0.123. The number of rotatable bonds is 4. The number of amides is 1. The number of ether oxygens (including phenoxy) is 1. The maximum atomic E-state index is 11.8. The van der Waals surface area contributed by atoms with Gasteiger partial charge in [-0.1, -0.05) is 12.8 Å². The molecule has 16 heavy (non-hydrogen) atoms. The van der Waals surface area contributed by atoms with Crippen LogP contribution in [0.25, 0.3) is 0 Å². The normalized spacial score (nSPS) is 33.1. The Morgan fingerprint density at radius 2 is 1.88 bits per heavy atom. The van der Waals surface area contributed by atoms with Crippen molar-refractivity contribution in [3.05, 3.63) is 0 Å². The van der Waals surface area contributed by atoms with Gasteiger partial charge in [0.1, 0.15) is 0 Å². The predicted octanol–water partition coefficient (Wildman–Crippen LogP) is 0.392. The quantitative estimate of drug-likeness (QED) is 0.681. The van der Waals surface area contributed by atoms with Gasteiger partial charge in [-0.2, -0.15) is 0 Å². The van der Waals surface area contributed by atoms with E-state index in [4.69, 9.17) is 9.84 Å². The lowest BCUT2D eigenvalue weighted by Gasteiger charge is -2.27. The smallest absolute Gasteiger partial charge is 0.307 e. The third kappa shape index (κ3) is 2.72. The van der Waals surface area contributed by atoms with Gasteiger partial charge in [0.05, 0.1) is 24.5 Å². The molecule has 0 spiro atoms. The Morgan fingerprint density at radius 3 is 2.44 bits per heavy atom. The van der Waals surface area contributed by atoms with E-state index in [-0.39, 0.29) is 17.9 Å². The van der Waals surface area contributed by atoms with Crippen molar-refractivity contribution in [2.45, 2.75) is 31.8 Å². The minimum Gasteiger partial charge on any atom is -0.481 e. The fourth-order valence-corrected chi connectivity index (χ4v) is 2.27. The van der Waals surface area contributed by atoms with Crippen LogP contribution in [0.1, 0.15) is 25.7 Å². The van der Waals surface area contributed by atoms with E-state index >= 15 is 0 Å². The second kappa shape index (κ2) is 4.82. The first-order valence-electron chi connectivity index (χ1n) is 5.80. The van der Waals surface area contributed by atoms with Crippen LogP contribution in [0.5, 0.6) is 0 Å². The SMILES string of the molecule is O=C(O)[C@H]1CCCC[C@H]1C(=O)NC[C@@H]1CO1. The first-order chi connectivity index (χ1) is 7.68. The van der Waals surface area contributed by atoms with Crippen LogP contribution in [0, 0.1) is 11.8 Å². The predicted molar refractivity (Wildman–Crippen MR) is 55.8 cm³/mol. The Hall–Kier alpha value is -1.10. The standard InChI is InChI=1S/C11H17NO4/c13-10(12-5-7-6-16-7)8-3-1-2-4-9(8)11(14)15/h7-9H,1-6H2,(H,12,13)(H,14,15)/t7-,8-,9+/m1/s1. The molecular formula is C11H17NO4. The molecule has 1 saturated heterocycles. The van der Waals surface area contributed by atoms with E-state index in [0.29, 0.717) is 26.0 Å². The molecule has 2 rings (SSSR count). The molecule has 5 heteroatoms. The van der Waals surface area contributed by atoms with E-state index in [9.17, 15) is 9.59 Å². The van der Waals surface area contributed by atoms with E-state index in [1.54, 1.807) is 0 Å². The summed E-state index contributed by atoms with van der Waals surface area (Å²) in [6, 6.07) is 0. The summed E-state index contributed by atoms with van der Waals surface area (Å²) in [7, 11) is 0. The Kier molecular flexibility index (Phi) is 3.43. The monoisotopic (exact) mass is 227 g/mol. The van der Waals surface area contributed by atoms with Crippen molar-refractivity contribution in [1.29, 1.82) is 0 Å². The number of carboxylic acid groups (broad SMARTS) is 1. The summed E-state index contributed by atoms with van der Waals surface area (Å²) in [5, 5.41) is 11.8. The van der Waals surface area contributed by atoms with Gasteiger partial charge in [-0.05, 0) is 12.8 Å². The van der Waals surface area contributed by atoms with Crippen LogP contribution >= 0.6 is 0 Å². The van der Waals surface area contributed by atoms with Crippen molar-refractivity contribution in [3.8, 4) is 0 Å². The molecule has 0 unspecified atom stereocenters. The van der Waals surface area contributed by atoms with E-state index < -0.39 is 11.9 Å². The summed E-state index contributed by atoms with van der Waals surface area (Å²) in [5.41, 5.74) is 0. The van der Waals surface area contributed by atoms with Crippen molar-refractivity contribution >= 4 is 11.9 Å². The zero-order valence-corrected chi connectivity index (χ0v) is 9.15. The van der Waals surface area contributed by atoms with Gasteiger partial charge in [-0.3, -0.25) is 9.59 Å². The molecule has 2 aliphatic rings. The zero-order valence-electron chi connectivity index (χ0n) is 9.15. The first kappa shape index (κ1) is 11.4. The number of nitrogens with one attached hydrogen (secondary N) is 1. The fraction of sp³-hybridized carbons (Fsp3) is 0.818. The Balaban J connectivity index is 1.87. The van der Waals surface area contributed by atoms with Gasteiger partial charge < -0.3 is 15.2 Å². The highest BCUT2D eigenvalue weighted by Crippen LogP contribution is 2.30. The maximum Gasteiger partial charge on any atom is 0.307 e. The molecule has 1 saturated carbocycles. The molecule has 1 aliphatic carbocycles. The maximum absolute atomic E-state index is 11.8. The van der Waals surface area contributed by atoms with Crippen molar-refractivity contribution < 1.29 is 19.4 Å². The third-order valence-corrected chi connectivity index (χ3v) is 3.33. The Morgan fingerprint density at radius 1 is 1.25 bits per heavy atom. The molecule has 0 aromatic heterocycles. The fourth-order valence-electron chi connectivity index (χ4n) is 2.27. The van der Waals surface area contributed by atoms with Crippen LogP contribution in [-0.4, -0.2) is 36.2 Å². The molecule has 0 bridgehead atoms. The van der Waals surface area contributed by atoms with Gasteiger partial charge in [-0.15, -0.1) is 0 Å². The molecule has 0 aromatic carbocycles. The molecule has 1 amide bonds. The number of carbonyl (C=O) groups is 2. The molecule has 0 radical (unpaired) electrons. The van der Waals surface area contributed by atoms with Crippen LogP contribution in [0.2, 0.25) is 0 Å². The van der Waals surface area contributed by atoms with Crippen molar-refractivity contribution in [1.82, 2.24) is 5.32 Å². The Labute approximate surface area is 94.2 Å². The highest BCUT2D eigenvalue weighted by molar-refractivity contribution is 5.84. The number of carbonyl (C=O) groups excluding carboxylic acids is 1. The van der Waals surface area contributed by atoms with Gasteiger partial charge in [-0.25, -0.2) is 0 Å². The lowest BCUT2D eigenvalue weighted by atomic mass is 9.79. The summed E-state index contributed by atoms with van der Waals surface area (Å²) in [5.74, 6) is -1.83. The minimum atomic E-state index is -0.845. The molecule has 3 atom stereocenters. The highest BCUT2D eigenvalue weighted by Gasteiger charge is 2.36. The second-order valence-corrected chi connectivity index (χ2v) is 4.54. The van der Waals surface area contributed by atoms with Crippen molar-refractivity contribution in [2.24, 2.45) is 11.8 Å². The van der Waals surface area contributed by atoms with Crippen LogP contribution in [0.4, 0.5) is 0 Å². The third-order valence-electron chi connectivity index (χ3n) is 3.33. The van der Waals surface area contributed by atoms with Gasteiger partial charge >= 0.3 is 5.97 Å². The van der Waals surface area contributed by atoms with Crippen LogP contribution < -0.4 is 5.32 Å².